The van der Waals surface area contributed by atoms with E-state index in [0.717, 1.165) is 12.1 Å². The molecule has 0 aliphatic carbocycles. The van der Waals surface area contributed by atoms with Gasteiger partial charge in [-0.05, 0) is 44.9 Å². The van der Waals surface area contributed by atoms with Gasteiger partial charge in [0.25, 0.3) is 0 Å². The van der Waals surface area contributed by atoms with Crippen LogP contribution in [0.2, 0.25) is 0 Å². The summed E-state index contributed by atoms with van der Waals surface area (Å²) in [6.07, 6.45) is -0.461. The van der Waals surface area contributed by atoms with Crippen molar-refractivity contribution in [1.29, 1.82) is 0 Å². The van der Waals surface area contributed by atoms with Crippen LogP contribution in [0.15, 0.2) is 48.5 Å². The van der Waals surface area contributed by atoms with Crippen LogP contribution in [0.25, 0.3) is 0 Å². The van der Waals surface area contributed by atoms with E-state index in [1.54, 1.807) is 6.07 Å². The van der Waals surface area contributed by atoms with Gasteiger partial charge in [-0.3, -0.25) is 4.90 Å². The van der Waals surface area contributed by atoms with Crippen LogP contribution in [-0.2, 0) is 11.3 Å². The molecule has 0 saturated carbocycles. The van der Waals surface area contributed by atoms with Crippen molar-refractivity contribution in [3.05, 3.63) is 71.0 Å². The van der Waals surface area contributed by atoms with Crippen LogP contribution >= 0.6 is 0 Å². The van der Waals surface area contributed by atoms with E-state index in [1.807, 2.05) is 52.0 Å². The fourth-order valence-electron chi connectivity index (χ4n) is 3.72. The number of amides is 1. The topological polar surface area (TPSA) is 41.6 Å². The van der Waals surface area contributed by atoms with Crippen molar-refractivity contribution in [2.75, 3.05) is 13.1 Å². The fourth-order valence-corrected chi connectivity index (χ4v) is 3.72. The maximum absolute atomic E-state index is 14.6. The number of hydrogen-bond donors (Lipinski definition) is 1. The van der Waals surface area contributed by atoms with E-state index in [1.165, 1.54) is 11.6 Å². The number of carbonyl (C=O) groups is 1. The summed E-state index contributed by atoms with van der Waals surface area (Å²) in [5, 5.41) is 2.98. The van der Waals surface area contributed by atoms with Crippen LogP contribution in [0.4, 0.5) is 9.18 Å². The number of halogens is 1. The Bertz CT molecular complexity index is 817. The number of nitrogens with zero attached hydrogens (tertiary/aromatic N) is 1. The second-order valence-electron chi connectivity index (χ2n) is 8.56. The van der Waals surface area contributed by atoms with Crippen molar-refractivity contribution in [3.63, 3.8) is 0 Å². The molecule has 1 aliphatic rings. The number of likely N-dealkylation sites (tertiary alicyclic amines) is 1. The summed E-state index contributed by atoms with van der Waals surface area (Å²) in [6, 6.07) is 15.1. The van der Waals surface area contributed by atoms with Crippen LogP contribution in [0, 0.1) is 12.7 Å². The molecule has 28 heavy (non-hydrogen) atoms. The predicted octanol–water partition coefficient (Wildman–Crippen LogP) is 4.63. The molecule has 1 N–H and O–H groups in total. The van der Waals surface area contributed by atoms with E-state index in [2.05, 4.69) is 22.3 Å². The zero-order valence-corrected chi connectivity index (χ0v) is 17.0. The molecule has 0 bridgehead atoms. The summed E-state index contributed by atoms with van der Waals surface area (Å²) in [4.78, 5) is 14.6. The van der Waals surface area contributed by atoms with Crippen LogP contribution in [-0.4, -0.2) is 35.7 Å². The predicted molar refractivity (Wildman–Crippen MR) is 109 cm³/mol. The Morgan fingerprint density at radius 3 is 2.57 bits per heavy atom. The Morgan fingerprint density at radius 2 is 1.89 bits per heavy atom. The number of carbonyl (C=O) groups excluding carboxylic acids is 1. The summed E-state index contributed by atoms with van der Waals surface area (Å²) in [5.74, 6) is -0.357. The smallest absolute Gasteiger partial charge is 0.407 e. The number of alkyl carbamates (subject to hydrolysis) is 1. The van der Waals surface area contributed by atoms with Gasteiger partial charge in [-0.25, -0.2) is 9.18 Å². The summed E-state index contributed by atoms with van der Waals surface area (Å²) in [6.45, 7) is 9.54. The molecule has 5 heteroatoms. The molecule has 1 saturated heterocycles. The molecule has 1 fully saturated rings. The molecular formula is C23H29FN2O2. The van der Waals surface area contributed by atoms with Gasteiger partial charge in [0.2, 0.25) is 0 Å². The Labute approximate surface area is 166 Å². The standard InChI is InChI=1S/C23H29FN2O2/c1-16-10-11-20(24)18(12-16)19-14-26(13-17-8-6-5-7-9-17)15-21(19)25-22(27)28-23(2,3)4/h5-12,19,21H,13-15H2,1-4H3,(H,25,27)/t19-,21+/m1/s1. The van der Waals surface area contributed by atoms with E-state index >= 15 is 0 Å². The van der Waals surface area contributed by atoms with Crippen LogP contribution in [0.3, 0.4) is 0 Å². The number of nitrogens with one attached hydrogen (secondary N) is 1. The lowest BCUT2D eigenvalue weighted by atomic mass is 9.92. The highest BCUT2D eigenvalue weighted by Crippen LogP contribution is 2.31. The first-order valence-electron chi connectivity index (χ1n) is 9.73. The summed E-state index contributed by atoms with van der Waals surface area (Å²) < 4.78 is 20.0. The van der Waals surface area contributed by atoms with Gasteiger partial charge in [-0.2, -0.15) is 0 Å². The van der Waals surface area contributed by atoms with Crippen molar-refractivity contribution < 1.29 is 13.9 Å². The second-order valence-corrected chi connectivity index (χ2v) is 8.56. The molecular weight excluding hydrogens is 355 g/mol. The molecule has 3 rings (SSSR count). The maximum Gasteiger partial charge on any atom is 0.407 e. The number of aryl methyl sites for hydroxylation is 1. The summed E-state index contributed by atoms with van der Waals surface area (Å²) in [7, 11) is 0. The highest BCUT2D eigenvalue weighted by Gasteiger charge is 2.37. The molecule has 150 valence electrons. The third kappa shape index (κ3) is 5.32. The minimum absolute atomic E-state index is 0.129. The molecule has 0 aromatic heterocycles. The van der Waals surface area contributed by atoms with Crippen molar-refractivity contribution in [1.82, 2.24) is 10.2 Å². The molecule has 2 aromatic rings. The molecule has 2 atom stereocenters. The number of ether oxygens (including phenoxy) is 1. The van der Waals surface area contributed by atoms with Crippen LogP contribution in [0.1, 0.15) is 43.4 Å². The van der Waals surface area contributed by atoms with Crippen molar-refractivity contribution in [2.45, 2.75) is 51.8 Å². The number of rotatable bonds is 4. The van der Waals surface area contributed by atoms with Gasteiger partial charge in [0.05, 0.1) is 6.04 Å². The highest BCUT2D eigenvalue weighted by atomic mass is 19.1. The maximum atomic E-state index is 14.6. The van der Waals surface area contributed by atoms with Gasteiger partial charge in [-0.15, -0.1) is 0 Å². The van der Waals surface area contributed by atoms with Gasteiger partial charge in [0.1, 0.15) is 11.4 Å². The molecule has 2 aromatic carbocycles. The SMILES string of the molecule is Cc1ccc(F)c([C@H]2CN(Cc3ccccc3)C[C@@H]2NC(=O)OC(C)(C)C)c1. The fraction of sp³-hybridized carbons (Fsp3) is 0.435. The molecule has 1 amide bonds. The number of hydrogen-bond acceptors (Lipinski definition) is 3. The lowest BCUT2D eigenvalue weighted by Gasteiger charge is -2.24. The van der Waals surface area contributed by atoms with Crippen molar-refractivity contribution in [2.24, 2.45) is 0 Å². The Kier molecular flexibility index (Phi) is 6.04. The highest BCUT2D eigenvalue weighted by molar-refractivity contribution is 5.68. The first-order chi connectivity index (χ1) is 13.2. The van der Waals surface area contributed by atoms with E-state index < -0.39 is 11.7 Å². The molecule has 0 spiro atoms. The van der Waals surface area contributed by atoms with Crippen LogP contribution in [0.5, 0.6) is 0 Å². The first kappa shape index (κ1) is 20.3. The molecule has 4 nitrogen and oxygen atoms in total. The lowest BCUT2D eigenvalue weighted by Crippen LogP contribution is -2.42. The average molecular weight is 384 g/mol. The van der Waals surface area contributed by atoms with E-state index in [0.29, 0.717) is 18.7 Å². The van der Waals surface area contributed by atoms with Crippen molar-refractivity contribution >= 4 is 6.09 Å². The second kappa shape index (κ2) is 8.31. The number of benzene rings is 2. The van der Waals surface area contributed by atoms with Gasteiger partial charge >= 0.3 is 6.09 Å². The van der Waals surface area contributed by atoms with Crippen molar-refractivity contribution in [3.8, 4) is 0 Å². The third-order valence-corrected chi connectivity index (χ3v) is 4.90. The van der Waals surface area contributed by atoms with E-state index in [9.17, 15) is 9.18 Å². The third-order valence-electron chi connectivity index (χ3n) is 4.90. The van der Waals surface area contributed by atoms with Gasteiger partial charge in [-0.1, -0.05) is 48.0 Å². The molecule has 1 aliphatic heterocycles. The Morgan fingerprint density at radius 1 is 1.18 bits per heavy atom. The Hall–Kier alpha value is -2.40. The normalized spacial score (nSPS) is 20.2. The summed E-state index contributed by atoms with van der Waals surface area (Å²) >= 11 is 0. The lowest BCUT2D eigenvalue weighted by molar-refractivity contribution is 0.0502. The largest absolute Gasteiger partial charge is 0.444 e. The van der Waals surface area contributed by atoms with Gasteiger partial charge < -0.3 is 10.1 Å². The first-order valence-corrected chi connectivity index (χ1v) is 9.73. The quantitative estimate of drug-likeness (QED) is 0.836. The minimum Gasteiger partial charge on any atom is -0.444 e. The monoisotopic (exact) mass is 384 g/mol. The minimum atomic E-state index is -0.573. The molecule has 1 heterocycles. The Balaban J connectivity index is 1.80. The van der Waals surface area contributed by atoms with Gasteiger partial charge in [0.15, 0.2) is 0 Å². The zero-order valence-electron chi connectivity index (χ0n) is 17.0. The van der Waals surface area contributed by atoms with Crippen LogP contribution < -0.4 is 5.32 Å². The average Bonchev–Trinajstić information content (AvgIpc) is 2.98. The zero-order chi connectivity index (χ0) is 20.3. The molecule has 0 radical (unpaired) electrons. The van der Waals surface area contributed by atoms with Gasteiger partial charge in [0, 0.05) is 25.6 Å². The molecule has 0 unspecified atom stereocenters. The van der Waals surface area contributed by atoms with E-state index in [-0.39, 0.29) is 17.8 Å². The van der Waals surface area contributed by atoms with E-state index in [4.69, 9.17) is 4.74 Å². The summed E-state index contributed by atoms with van der Waals surface area (Å²) in [5.41, 5.74) is 2.28.